The van der Waals surface area contributed by atoms with Crippen LogP contribution in [-0.2, 0) is 17.4 Å². The van der Waals surface area contributed by atoms with Crippen LogP contribution in [0.25, 0.3) is 0 Å². The van der Waals surface area contributed by atoms with Gasteiger partial charge in [0.05, 0.1) is 12.0 Å². The number of hydrogen-bond donors (Lipinski definition) is 1. The number of hydrogen-bond acceptors (Lipinski definition) is 1. The number of halogens is 4. The summed E-state index contributed by atoms with van der Waals surface area (Å²) in [7, 11) is 0. The summed E-state index contributed by atoms with van der Waals surface area (Å²) in [4.78, 5) is 10.5. The molecule has 6 heteroatoms. The normalized spacial score (nSPS) is 11.5. The molecule has 0 aromatic heterocycles. The minimum atomic E-state index is -4.61. The first kappa shape index (κ1) is 11.5. The first-order valence-corrected chi connectivity index (χ1v) is 3.94. The Morgan fingerprint density at radius 2 is 1.93 bits per heavy atom. The predicted molar refractivity (Wildman–Crippen MR) is 44.3 cm³/mol. The summed E-state index contributed by atoms with van der Waals surface area (Å²) in [5.74, 6) is -1.77. The Labute approximate surface area is 82.7 Å². The van der Waals surface area contributed by atoms with Crippen molar-refractivity contribution in [3.63, 3.8) is 0 Å². The molecule has 0 aliphatic heterocycles. The van der Waals surface area contributed by atoms with E-state index >= 15 is 0 Å². The monoisotopic (exact) mass is 221 g/mol. The lowest BCUT2D eigenvalue weighted by Crippen LogP contribution is -2.18. The molecule has 1 amide bonds. The van der Waals surface area contributed by atoms with E-state index in [-0.39, 0.29) is 0 Å². The summed E-state index contributed by atoms with van der Waals surface area (Å²) in [5.41, 5.74) is 3.27. The molecular formula is C9H7F4NO. The number of nitrogens with two attached hydrogens (primary N) is 1. The summed E-state index contributed by atoms with van der Waals surface area (Å²) in [5, 5.41) is 0. The third-order valence-corrected chi connectivity index (χ3v) is 1.74. The molecule has 1 aromatic carbocycles. The Morgan fingerprint density at radius 3 is 2.40 bits per heavy atom. The number of amides is 1. The van der Waals surface area contributed by atoms with Crippen molar-refractivity contribution in [3.05, 3.63) is 35.1 Å². The van der Waals surface area contributed by atoms with Gasteiger partial charge in [0.1, 0.15) is 5.82 Å². The second-order valence-electron chi connectivity index (χ2n) is 2.94. The van der Waals surface area contributed by atoms with E-state index in [0.29, 0.717) is 18.2 Å². The fraction of sp³-hybridized carbons (Fsp3) is 0.222. The van der Waals surface area contributed by atoms with Crippen molar-refractivity contribution in [2.45, 2.75) is 12.6 Å². The minimum absolute atomic E-state index is 0.449. The van der Waals surface area contributed by atoms with Gasteiger partial charge >= 0.3 is 6.18 Å². The van der Waals surface area contributed by atoms with Gasteiger partial charge in [0.15, 0.2) is 0 Å². The molecule has 0 saturated heterocycles. The minimum Gasteiger partial charge on any atom is -0.369 e. The molecule has 0 aliphatic rings. The summed E-state index contributed by atoms with van der Waals surface area (Å²) in [6.07, 6.45) is -5.24. The van der Waals surface area contributed by atoms with Gasteiger partial charge in [-0.2, -0.15) is 13.2 Å². The van der Waals surface area contributed by atoms with Gasteiger partial charge in [-0.1, -0.05) is 0 Å². The van der Waals surface area contributed by atoms with Crippen molar-refractivity contribution in [2.24, 2.45) is 5.73 Å². The lowest BCUT2D eigenvalue weighted by atomic mass is 10.0. The average molecular weight is 221 g/mol. The van der Waals surface area contributed by atoms with Crippen LogP contribution in [0.4, 0.5) is 17.6 Å². The highest BCUT2D eigenvalue weighted by Gasteiger charge is 2.33. The van der Waals surface area contributed by atoms with Crippen molar-refractivity contribution in [1.82, 2.24) is 0 Å². The van der Waals surface area contributed by atoms with Crippen molar-refractivity contribution in [2.75, 3.05) is 0 Å². The number of primary amides is 1. The molecule has 0 atom stereocenters. The highest BCUT2D eigenvalue weighted by molar-refractivity contribution is 5.77. The van der Waals surface area contributed by atoms with Crippen molar-refractivity contribution in [3.8, 4) is 0 Å². The summed E-state index contributed by atoms with van der Waals surface area (Å²) in [6.45, 7) is 0. The van der Waals surface area contributed by atoms with Crippen LogP contribution >= 0.6 is 0 Å². The lowest BCUT2D eigenvalue weighted by Gasteiger charge is -2.11. The molecule has 1 aromatic rings. The van der Waals surface area contributed by atoms with Gasteiger partial charge in [-0.15, -0.1) is 0 Å². The highest BCUT2D eigenvalue weighted by atomic mass is 19.4. The maximum Gasteiger partial charge on any atom is 0.416 e. The maximum absolute atomic E-state index is 12.7. The van der Waals surface area contributed by atoms with Crippen molar-refractivity contribution in [1.29, 1.82) is 0 Å². The standard InChI is InChI=1S/C9H7F4NO/c10-6-1-2-7(9(11,12)13)5(3-6)4-8(14)15/h1-3H,4H2,(H2,14,15). The first-order valence-electron chi connectivity index (χ1n) is 3.94. The van der Waals surface area contributed by atoms with E-state index in [1.807, 2.05) is 0 Å². The van der Waals surface area contributed by atoms with Crippen LogP contribution in [0.3, 0.4) is 0 Å². The molecule has 0 bridgehead atoms. The molecule has 0 heterocycles. The molecule has 0 radical (unpaired) electrons. The zero-order valence-electron chi connectivity index (χ0n) is 7.44. The van der Waals surface area contributed by atoms with Crippen molar-refractivity contribution < 1.29 is 22.4 Å². The fourth-order valence-electron chi connectivity index (χ4n) is 1.17. The molecule has 0 unspecified atom stereocenters. The van der Waals surface area contributed by atoms with Crippen LogP contribution in [0.1, 0.15) is 11.1 Å². The fourth-order valence-corrected chi connectivity index (χ4v) is 1.17. The highest BCUT2D eigenvalue weighted by Crippen LogP contribution is 2.32. The van der Waals surface area contributed by atoms with Crippen LogP contribution in [0.5, 0.6) is 0 Å². The van der Waals surface area contributed by atoms with Crippen LogP contribution in [0.2, 0.25) is 0 Å². The second-order valence-corrected chi connectivity index (χ2v) is 2.94. The van der Waals surface area contributed by atoms with Crippen molar-refractivity contribution >= 4 is 5.91 Å². The molecule has 0 spiro atoms. The molecular weight excluding hydrogens is 214 g/mol. The molecule has 2 N–H and O–H groups in total. The van der Waals surface area contributed by atoms with Gasteiger partial charge in [0.2, 0.25) is 5.91 Å². The number of benzene rings is 1. The van der Waals surface area contributed by atoms with Gasteiger partial charge in [0, 0.05) is 0 Å². The zero-order valence-corrected chi connectivity index (χ0v) is 7.44. The number of rotatable bonds is 2. The summed E-state index contributed by atoms with van der Waals surface area (Å²) >= 11 is 0. The Balaban J connectivity index is 3.20. The number of carbonyl (C=O) groups excluding carboxylic acids is 1. The largest absolute Gasteiger partial charge is 0.416 e. The van der Waals surface area contributed by atoms with E-state index in [2.05, 4.69) is 0 Å². The molecule has 0 saturated carbocycles. The topological polar surface area (TPSA) is 43.1 Å². The predicted octanol–water partition coefficient (Wildman–Crippen LogP) is 1.87. The Morgan fingerprint density at radius 1 is 1.33 bits per heavy atom. The zero-order chi connectivity index (χ0) is 11.6. The quantitative estimate of drug-likeness (QED) is 0.761. The van der Waals surface area contributed by atoms with E-state index in [1.54, 1.807) is 0 Å². The number of alkyl halides is 3. The van der Waals surface area contributed by atoms with Gasteiger partial charge in [0.25, 0.3) is 0 Å². The molecule has 0 fully saturated rings. The smallest absolute Gasteiger partial charge is 0.369 e. The third kappa shape index (κ3) is 2.93. The van der Waals surface area contributed by atoms with Crippen LogP contribution < -0.4 is 5.73 Å². The van der Waals surface area contributed by atoms with E-state index < -0.39 is 35.4 Å². The number of carbonyl (C=O) groups is 1. The third-order valence-electron chi connectivity index (χ3n) is 1.74. The summed E-state index contributed by atoms with van der Waals surface area (Å²) < 4.78 is 49.7. The van der Waals surface area contributed by atoms with E-state index in [1.165, 1.54) is 0 Å². The van der Waals surface area contributed by atoms with Crippen LogP contribution in [0, 0.1) is 5.82 Å². The molecule has 0 aliphatic carbocycles. The maximum atomic E-state index is 12.7. The van der Waals surface area contributed by atoms with Gasteiger partial charge in [-0.25, -0.2) is 4.39 Å². The Hall–Kier alpha value is -1.59. The average Bonchev–Trinajstić information content (AvgIpc) is 1.99. The molecule has 2 nitrogen and oxygen atoms in total. The second kappa shape index (κ2) is 3.88. The van der Waals surface area contributed by atoms with E-state index in [4.69, 9.17) is 5.73 Å². The van der Waals surface area contributed by atoms with Gasteiger partial charge < -0.3 is 5.73 Å². The Kier molecular flexibility index (Phi) is 2.97. The lowest BCUT2D eigenvalue weighted by molar-refractivity contribution is -0.138. The summed E-state index contributed by atoms with van der Waals surface area (Å²) in [6, 6.07) is 1.94. The van der Waals surface area contributed by atoms with E-state index in [9.17, 15) is 22.4 Å². The SMILES string of the molecule is NC(=O)Cc1cc(F)ccc1C(F)(F)F. The first-order chi connectivity index (χ1) is 6.80. The van der Waals surface area contributed by atoms with Crippen LogP contribution in [0.15, 0.2) is 18.2 Å². The van der Waals surface area contributed by atoms with Gasteiger partial charge in [-0.05, 0) is 23.8 Å². The molecule has 82 valence electrons. The molecule has 15 heavy (non-hydrogen) atoms. The molecule has 1 rings (SSSR count). The van der Waals surface area contributed by atoms with E-state index in [0.717, 1.165) is 0 Å². The Bertz CT molecular complexity index is 386. The van der Waals surface area contributed by atoms with Crippen LogP contribution in [-0.4, -0.2) is 5.91 Å². The van der Waals surface area contributed by atoms with Gasteiger partial charge in [-0.3, -0.25) is 4.79 Å².